The number of hydrogen-bond donors (Lipinski definition) is 2. The summed E-state index contributed by atoms with van der Waals surface area (Å²) in [6, 6.07) is 11.3. The number of anilines is 2. The summed E-state index contributed by atoms with van der Waals surface area (Å²) in [4.78, 5) is 23.8. The number of alkyl halides is 3. The molecular formula is C28H31F3N6O3. The van der Waals surface area contributed by atoms with Crippen LogP contribution < -0.4 is 15.4 Å². The second-order valence-electron chi connectivity index (χ2n) is 8.97. The molecule has 212 valence electrons. The second-order valence-corrected chi connectivity index (χ2v) is 8.97. The van der Waals surface area contributed by atoms with Gasteiger partial charge in [0.25, 0.3) is 0 Å². The number of hydrogen-bond acceptors (Lipinski definition) is 7. The molecule has 1 aliphatic heterocycles. The lowest BCUT2D eigenvalue weighted by atomic mass is 9.99. The van der Waals surface area contributed by atoms with Crippen molar-refractivity contribution in [2.24, 2.45) is 5.92 Å². The van der Waals surface area contributed by atoms with E-state index in [-0.39, 0.29) is 5.92 Å². The molecule has 0 aliphatic carbocycles. The molecule has 0 bridgehead atoms. The molecule has 1 aromatic carbocycles. The van der Waals surface area contributed by atoms with Crippen molar-refractivity contribution < 1.29 is 27.4 Å². The van der Waals surface area contributed by atoms with Crippen LogP contribution >= 0.6 is 0 Å². The van der Waals surface area contributed by atoms with Crippen molar-refractivity contribution in [2.45, 2.75) is 46.0 Å². The number of ether oxygens (including phenoxy) is 2. The lowest BCUT2D eigenvalue weighted by molar-refractivity contribution is -0.141. The smallest absolute Gasteiger partial charge is 0.434 e. The van der Waals surface area contributed by atoms with Crippen molar-refractivity contribution in [2.75, 3.05) is 24.4 Å². The molecule has 0 spiro atoms. The van der Waals surface area contributed by atoms with Crippen molar-refractivity contribution in [3.8, 4) is 5.88 Å². The van der Waals surface area contributed by atoms with Crippen molar-refractivity contribution in [1.29, 1.82) is 0 Å². The van der Waals surface area contributed by atoms with E-state index >= 15 is 0 Å². The molecule has 1 amide bonds. The monoisotopic (exact) mass is 556 g/mol. The number of aryl methyl sites for hydroxylation is 1. The Kier molecular flexibility index (Phi) is 9.08. The van der Waals surface area contributed by atoms with Crippen LogP contribution in [0.5, 0.6) is 5.88 Å². The molecule has 1 atom stereocenters. The summed E-state index contributed by atoms with van der Waals surface area (Å²) in [6.45, 7) is 5.38. The molecule has 4 heterocycles. The van der Waals surface area contributed by atoms with Gasteiger partial charge >= 0.3 is 12.3 Å². The van der Waals surface area contributed by atoms with Crippen molar-refractivity contribution in [1.82, 2.24) is 19.5 Å². The Balaban J connectivity index is 0.00000181. The maximum Gasteiger partial charge on any atom is 0.434 e. The lowest BCUT2D eigenvalue weighted by Gasteiger charge is -2.23. The van der Waals surface area contributed by atoms with Gasteiger partial charge in [0.1, 0.15) is 11.6 Å². The second kappa shape index (κ2) is 12.7. The molecule has 4 aromatic rings. The number of nitrogens with one attached hydrogen (secondary N) is 2. The Bertz CT molecular complexity index is 1440. The zero-order valence-electron chi connectivity index (χ0n) is 22.5. The van der Waals surface area contributed by atoms with Crippen molar-refractivity contribution in [3.63, 3.8) is 0 Å². The van der Waals surface area contributed by atoms with Crippen molar-refractivity contribution >= 4 is 28.4 Å². The minimum Gasteiger partial charge on any atom is -0.477 e. The Morgan fingerprint density at radius 2 is 1.98 bits per heavy atom. The first kappa shape index (κ1) is 28.7. The summed E-state index contributed by atoms with van der Waals surface area (Å²) in [5.74, 6) is 1.39. The fourth-order valence-corrected chi connectivity index (χ4v) is 4.31. The van der Waals surface area contributed by atoms with Gasteiger partial charge in [0.15, 0.2) is 5.69 Å². The summed E-state index contributed by atoms with van der Waals surface area (Å²) in [5.41, 5.74) is 0.984. The van der Waals surface area contributed by atoms with Crippen molar-refractivity contribution in [3.05, 3.63) is 72.1 Å². The summed E-state index contributed by atoms with van der Waals surface area (Å²) in [7, 11) is 1.29. The fraction of sp³-hybridized carbons (Fsp3) is 0.357. The summed E-state index contributed by atoms with van der Waals surface area (Å²) < 4.78 is 50.8. The molecular weight excluding hydrogens is 525 g/mol. The topological polar surface area (TPSA) is 103 Å². The molecule has 0 fully saturated rings. The van der Waals surface area contributed by atoms with Crippen LogP contribution in [0.2, 0.25) is 0 Å². The number of methoxy groups -OCH3 is 1. The van der Waals surface area contributed by atoms with Gasteiger partial charge in [0, 0.05) is 61.2 Å². The van der Waals surface area contributed by atoms with Crippen LogP contribution in [0.15, 0.2) is 55.0 Å². The largest absolute Gasteiger partial charge is 0.477 e. The third-order valence-corrected chi connectivity index (χ3v) is 6.33. The fourth-order valence-electron chi connectivity index (χ4n) is 4.31. The Labute approximate surface area is 229 Å². The number of aromatic nitrogens is 4. The third-order valence-electron chi connectivity index (χ3n) is 6.33. The predicted molar refractivity (Wildman–Crippen MR) is 145 cm³/mol. The number of nitrogens with zero attached hydrogens (tertiary/aromatic N) is 4. The van der Waals surface area contributed by atoms with Crippen LogP contribution in [0.3, 0.4) is 0 Å². The number of imidazole rings is 1. The molecule has 9 nitrogen and oxygen atoms in total. The van der Waals surface area contributed by atoms with Crippen LogP contribution in [0.1, 0.15) is 37.4 Å². The van der Waals surface area contributed by atoms with Crippen LogP contribution in [0.4, 0.5) is 29.5 Å². The molecule has 0 saturated heterocycles. The van der Waals surface area contributed by atoms with Crippen LogP contribution in [0, 0.1) is 5.92 Å². The van der Waals surface area contributed by atoms with E-state index in [0.717, 1.165) is 28.2 Å². The number of rotatable bonds is 7. The highest BCUT2D eigenvalue weighted by Gasteiger charge is 2.35. The van der Waals surface area contributed by atoms with Gasteiger partial charge in [0.05, 0.1) is 13.7 Å². The van der Waals surface area contributed by atoms with E-state index in [1.54, 1.807) is 23.0 Å². The number of amides is 1. The van der Waals surface area contributed by atoms with Gasteiger partial charge in [-0.1, -0.05) is 19.9 Å². The molecule has 12 heteroatoms. The van der Waals surface area contributed by atoms with E-state index in [1.807, 2.05) is 44.2 Å². The molecule has 1 unspecified atom stereocenters. The highest BCUT2D eigenvalue weighted by atomic mass is 19.4. The summed E-state index contributed by atoms with van der Waals surface area (Å²) in [6.07, 6.45) is 0.531. The van der Waals surface area contributed by atoms with Gasteiger partial charge < -0.3 is 19.4 Å². The zero-order valence-corrected chi connectivity index (χ0v) is 22.5. The standard InChI is InChI=1S/C26H25F3N6O3.C2H6/c1-37-25(36)34-24-20-4-3-19(11-18(20)6-8-30-24)31-12-17-2-5-23(32-13-17)38-15-16-7-9-35-14-21(26(27,28)29)33-22(35)10-16;1-2/h2-6,8,11,13-14,16,31H,7,9-10,12,15H2,1H3,(H,30,34,36);1-2H3. The van der Waals surface area contributed by atoms with E-state index in [9.17, 15) is 18.0 Å². The molecule has 0 saturated carbocycles. The molecule has 40 heavy (non-hydrogen) atoms. The first-order chi connectivity index (χ1) is 19.3. The quantitative estimate of drug-likeness (QED) is 0.275. The zero-order chi connectivity index (χ0) is 28.7. The Morgan fingerprint density at radius 3 is 2.70 bits per heavy atom. The van der Waals surface area contributed by atoms with Gasteiger partial charge in [-0.15, -0.1) is 0 Å². The van der Waals surface area contributed by atoms with Gasteiger partial charge in [0.2, 0.25) is 5.88 Å². The van der Waals surface area contributed by atoms with E-state index in [2.05, 4.69) is 30.3 Å². The summed E-state index contributed by atoms with van der Waals surface area (Å²) >= 11 is 0. The van der Waals surface area contributed by atoms with E-state index in [1.165, 1.54) is 7.11 Å². The Hall–Kier alpha value is -4.35. The van der Waals surface area contributed by atoms with Gasteiger partial charge in [-0.25, -0.2) is 19.7 Å². The lowest BCUT2D eigenvalue weighted by Crippen LogP contribution is -2.24. The first-order valence-electron chi connectivity index (χ1n) is 13.0. The maximum atomic E-state index is 12.9. The first-order valence-corrected chi connectivity index (χ1v) is 13.0. The number of pyridine rings is 2. The number of halogens is 3. The predicted octanol–water partition coefficient (Wildman–Crippen LogP) is 6.30. The number of carbonyl (C=O) groups excluding carboxylic acids is 1. The van der Waals surface area contributed by atoms with Gasteiger partial charge in [-0.3, -0.25) is 5.32 Å². The minimum atomic E-state index is -4.44. The number of carbonyl (C=O) groups is 1. The summed E-state index contributed by atoms with van der Waals surface area (Å²) in [5, 5.41) is 7.64. The molecule has 3 aromatic heterocycles. The SMILES string of the molecule is CC.COC(=O)Nc1nccc2cc(NCc3ccc(OCC4CCn5cc(C(F)(F)F)nc5C4)nc3)ccc12. The van der Waals surface area contributed by atoms with Gasteiger partial charge in [-0.2, -0.15) is 13.2 Å². The highest BCUT2D eigenvalue weighted by molar-refractivity contribution is 5.99. The van der Waals surface area contributed by atoms with E-state index < -0.39 is 18.0 Å². The van der Waals surface area contributed by atoms with E-state index in [4.69, 9.17) is 4.74 Å². The average Bonchev–Trinajstić information content (AvgIpc) is 3.41. The molecule has 1 aliphatic rings. The highest BCUT2D eigenvalue weighted by Crippen LogP contribution is 2.31. The van der Waals surface area contributed by atoms with Crippen LogP contribution in [-0.4, -0.2) is 39.3 Å². The van der Waals surface area contributed by atoms with Crippen LogP contribution in [0.25, 0.3) is 10.8 Å². The van der Waals surface area contributed by atoms with E-state index in [0.29, 0.717) is 50.1 Å². The minimum absolute atomic E-state index is 0.0700. The third kappa shape index (κ3) is 6.99. The Morgan fingerprint density at radius 1 is 1.15 bits per heavy atom. The maximum absolute atomic E-state index is 12.9. The average molecular weight is 557 g/mol. The van der Waals surface area contributed by atoms with Crippen LogP contribution in [-0.2, 0) is 30.4 Å². The molecule has 2 N–H and O–H groups in total. The normalized spacial score (nSPS) is 14.5. The number of benzene rings is 1. The molecule has 5 rings (SSSR count). The van der Waals surface area contributed by atoms with Gasteiger partial charge in [-0.05, 0) is 41.6 Å². The molecule has 0 radical (unpaired) electrons. The number of fused-ring (bicyclic) bond motifs is 2.